The molecule has 0 aliphatic heterocycles. The number of amides is 1. The summed E-state index contributed by atoms with van der Waals surface area (Å²) in [5.41, 5.74) is 4.38. The second-order valence-electron chi connectivity index (χ2n) is 7.86. The molecular weight excluding hydrogens is 436 g/mol. The quantitative estimate of drug-likeness (QED) is 0.394. The van der Waals surface area contributed by atoms with Crippen LogP contribution < -0.4 is 5.32 Å². The average molecular weight is 459 g/mol. The van der Waals surface area contributed by atoms with Gasteiger partial charge < -0.3 is 10.4 Å². The minimum Gasteiger partial charge on any atom is -0.392 e. The molecule has 0 radical (unpaired) electrons. The lowest BCUT2D eigenvalue weighted by atomic mass is 10.1. The van der Waals surface area contributed by atoms with E-state index in [4.69, 9.17) is 4.98 Å². The summed E-state index contributed by atoms with van der Waals surface area (Å²) >= 11 is 0. The van der Waals surface area contributed by atoms with Crippen LogP contribution in [0.1, 0.15) is 22.4 Å². The third-order valence-corrected chi connectivity index (χ3v) is 5.38. The van der Waals surface area contributed by atoms with Crippen molar-refractivity contribution in [2.75, 3.05) is 5.32 Å². The first-order valence-corrected chi connectivity index (χ1v) is 10.9. The van der Waals surface area contributed by atoms with Gasteiger partial charge in [0, 0.05) is 5.56 Å². The Morgan fingerprint density at radius 2 is 1.59 bits per heavy atom. The van der Waals surface area contributed by atoms with Crippen LogP contribution in [-0.2, 0) is 30.7 Å². The highest BCUT2D eigenvalue weighted by molar-refractivity contribution is 5.92. The molecule has 0 saturated carbocycles. The molecule has 172 valence electrons. The molecule has 0 aliphatic rings. The lowest BCUT2D eigenvalue weighted by Gasteiger charge is -2.12. The number of aromatic nitrogens is 2. The third kappa shape index (κ3) is 5.88. The van der Waals surface area contributed by atoms with Crippen molar-refractivity contribution in [3.05, 3.63) is 113 Å². The standard InChI is InChI=1S/C27H23F2N3O2/c28-22-12-8-20(14-23(22)29)15-26(34)32-27-24(13-9-18-4-2-1-3-5-18)31-25(16-30-27)21-10-6-19(17-33)7-11-21/h1-8,10-12,14,16,33H,9,13,15,17H2,(H,30,32,34). The Bertz CT molecular complexity index is 1280. The number of halogens is 2. The number of carbonyl (C=O) groups is 1. The number of nitrogens with one attached hydrogen (secondary N) is 1. The largest absolute Gasteiger partial charge is 0.392 e. The van der Waals surface area contributed by atoms with Crippen molar-refractivity contribution >= 4 is 11.7 Å². The summed E-state index contributed by atoms with van der Waals surface area (Å²) in [6.45, 7) is -0.0444. The Labute approximate surface area is 196 Å². The van der Waals surface area contributed by atoms with E-state index in [9.17, 15) is 18.7 Å². The summed E-state index contributed by atoms with van der Waals surface area (Å²) in [6.07, 6.45) is 2.70. The van der Waals surface area contributed by atoms with Crippen molar-refractivity contribution in [2.24, 2.45) is 0 Å². The van der Waals surface area contributed by atoms with E-state index in [1.54, 1.807) is 6.20 Å². The zero-order chi connectivity index (χ0) is 23.9. The summed E-state index contributed by atoms with van der Waals surface area (Å²) in [7, 11) is 0. The molecule has 1 aromatic heterocycles. The van der Waals surface area contributed by atoms with Crippen LogP contribution in [0.15, 0.2) is 79.0 Å². The van der Waals surface area contributed by atoms with Gasteiger partial charge in [-0.3, -0.25) is 4.79 Å². The molecule has 4 aromatic rings. The molecule has 1 heterocycles. The van der Waals surface area contributed by atoms with Crippen LogP contribution in [-0.4, -0.2) is 21.0 Å². The van der Waals surface area contributed by atoms with Crippen molar-refractivity contribution in [2.45, 2.75) is 25.9 Å². The van der Waals surface area contributed by atoms with Crippen LogP contribution in [0, 0.1) is 11.6 Å². The molecular formula is C27H23F2N3O2. The van der Waals surface area contributed by atoms with Gasteiger partial charge in [0.1, 0.15) is 0 Å². The summed E-state index contributed by atoms with van der Waals surface area (Å²) < 4.78 is 26.7. The number of aryl methyl sites for hydroxylation is 2. The number of anilines is 1. The van der Waals surface area contributed by atoms with Crippen molar-refractivity contribution in [1.29, 1.82) is 0 Å². The lowest BCUT2D eigenvalue weighted by Crippen LogP contribution is -2.18. The number of carbonyl (C=O) groups excluding carboxylic acids is 1. The summed E-state index contributed by atoms with van der Waals surface area (Å²) in [6, 6.07) is 20.7. The van der Waals surface area contributed by atoms with Gasteiger partial charge in [0.05, 0.1) is 30.6 Å². The predicted octanol–water partition coefficient (Wildman–Crippen LogP) is 4.88. The Morgan fingerprint density at radius 1 is 0.853 bits per heavy atom. The smallest absolute Gasteiger partial charge is 0.229 e. The summed E-state index contributed by atoms with van der Waals surface area (Å²) in [4.78, 5) is 21.8. The summed E-state index contributed by atoms with van der Waals surface area (Å²) in [5.74, 6) is -2.02. The molecule has 34 heavy (non-hydrogen) atoms. The zero-order valence-corrected chi connectivity index (χ0v) is 18.3. The molecule has 0 atom stereocenters. The molecule has 3 aromatic carbocycles. The molecule has 0 unspecified atom stereocenters. The molecule has 0 bridgehead atoms. The van der Waals surface area contributed by atoms with Crippen LogP contribution in [0.4, 0.5) is 14.6 Å². The van der Waals surface area contributed by atoms with Gasteiger partial charge in [0.2, 0.25) is 5.91 Å². The highest BCUT2D eigenvalue weighted by atomic mass is 19.2. The fraction of sp³-hybridized carbons (Fsp3) is 0.148. The van der Waals surface area contributed by atoms with Crippen LogP contribution in [0.3, 0.4) is 0 Å². The zero-order valence-electron chi connectivity index (χ0n) is 18.3. The van der Waals surface area contributed by atoms with Gasteiger partial charge in [-0.1, -0.05) is 60.7 Å². The number of hydrogen-bond donors (Lipinski definition) is 2. The van der Waals surface area contributed by atoms with E-state index < -0.39 is 17.5 Å². The number of hydrogen-bond acceptors (Lipinski definition) is 4. The second kappa shape index (κ2) is 10.8. The van der Waals surface area contributed by atoms with Gasteiger partial charge in [-0.2, -0.15) is 0 Å². The van der Waals surface area contributed by atoms with Crippen molar-refractivity contribution in [3.63, 3.8) is 0 Å². The molecule has 2 N–H and O–H groups in total. The van der Waals surface area contributed by atoms with Crippen molar-refractivity contribution in [1.82, 2.24) is 9.97 Å². The fourth-order valence-electron chi connectivity index (χ4n) is 3.54. The second-order valence-corrected chi connectivity index (χ2v) is 7.86. The Morgan fingerprint density at radius 3 is 2.29 bits per heavy atom. The Hall–Kier alpha value is -3.97. The first-order valence-electron chi connectivity index (χ1n) is 10.9. The highest BCUT2D eigenvalue weighted by Gasteiger charge is 2.14. The number of benzene rings is 3. The fourth-order valence-corrected chi connectivity index (χ4v) is 3.54. The van der Waals surface area contributed by atoms with Crippen molar-refractivity contribution in [3.8, 4) is 11.3 Å². The van der Waals surface area contributed by atoms with E-state index in [1.165, 1.54) is 6.07 Å². The number of rotatable bonds is 8. The highest BCUT2D eigenvalue weighted by Crippen LogP contribution is 2.22. The topological polar surface area (TPSA) is 75.1 Å². The molecule has 4 rings (SSSR count). The first-order chi connectivity index (χ1) is 16.5. The maximum atomic E-state index is 13.5. The Balaban J connectivity index is 1.57. The van der Waals surface area contributed by atoms with Crippen LogP contribution in [0.5, 0.6) is 0 Å². The molecule has 7 heteroatoms. The normalized spacial score (nSPS) is 10.8. The molecule has 0 spiro atoms. The Kier molecular flexibility index (Phi) is 7.34. The third-order valence-electron chi connectivity index (χ3n) is 5.38. The van der Waals surface area contributed by atoms with E-state index in [0.717, 1.165) is 28.8 Å². The molecule has 0 fully saturated rings. The SMILES string of the molecule is O=C(Cc1ccc(F)c(F)c1)Nc1ncc(-c2ccc(CO)cc2)nc1CCc1ccccc1. The number of nitrogens with zero attached hydrogens (tertiary/aromatic N) is 2. The van der Waals surface area contributed by atoms with E-state index >= 15 is 0 Å². The molecule has 0 aliphatic carbocycles. The summed E-state index contributed by atoms with van der Waals surface area (Å²) in [5, 5.41) is 12.0. The number of aliphatic hydroxyl groups is 1. The predicted molar refractivity (Wildman–Crippen MR) is 126 cm³/mol. The minimum absolute atomic E-state index is 0.0444. The van der Waals surface area contributed by atoms with Gasteiger partial charge in [0.25, 0.3) is 0 Å². The van der Waals surface area contributed by atoms with Gasteiger partial charge in [0.15, 0.2) is 17.5 Å². The van der Waals surface area contributed by atoms with Crippen molar-refractivity contribution < 1.29 is 18.7 Å². The van der Waals surface area contributed by atoms with Gasteiger partial charge in [-0.15, -0.1) is 0 Å². The van der Waals surface area contributed by atoms with E-state index in [2.05, 4.69) is 10.3 Å². The van der Waals surface area contributed by atoms with Crippen LogP contribution in [0.25, 0.3) is 11.3 Å². The van der Waals surface area contributed by atoms with E-state index in [-0.39, 0.29) is 13.0 Å². The van der Waals surface area contributed by atoms with E-state index in [1.807, 2.05) is 54.6 Å². The van der Waals surface area contributed by atoms with Crippen LogP contribution in [0.2, 0.25) is 0 Å². The molecule has 0 saturated heterocycles. The van der Waals surface area contributed by atoms with Gasteiger partial charge >= 0.3 is 0 Å². The molecule has 5 nitrogen and oxygen atoms in total. The molecule has 1 amide bonds. The van der Waals surface area contributed by atoms with Crippen LogP contribution >= 0.6 is 0 Å². The average Bonchev–Trinajstić information content (AvgIpc) is 2.86. The minimum atomic E-state index is -0.995. The van der Waals surface area contributed by atoms with E-state index in [0.29, 0.717) is 35.6 Å². The monoisotopic (exact) mass is 459 g/mol. The van der Waals surface area contributed by atoms with Gasteiger partial charge in [-0.25, -0.2) is 18.7 Å². The lowest BCUT2D eigenvalue weighted by molar-refractivity contribution is -0.115. The maximum Gasteiger partial charge on any atom is 0.229 e. The maximum absolute atomic E-state index is 13.5. The van der Waals surface area contributed by atoms with Gasteiger partial charge in [-0.05, 0) is 41.7 Å². The number of aliphatic hydroxyl groups excluding tert-OH is 1. The first kappa shape index (κ1) is 23.2.